The average Bonchev–Trinajstić information content (AvgIpc) is 3.18. The summed E-state index contributed by atoms with van der Waals surface area (Å²) in [6, 6.07) is 10.0. The van der Waals surface area contributed by atoms with E-state index in [4.69, 9.17) is 14.4 Å². The highest BCUT2D eigenvalue weighted by Crippen LogP contribution is 2.42. The van der Waals surface area contributed by atoms with E-state index in [9.17, 15) is 0 Å². The van der Waals surface area contributed by atoms with Gasteiger partial charge in [0, 0.05) is 33.2 Å². The van der Waals surface area contributed by atoms with E-state index >= 15 is 0 Å². The Labute approximate surface area is 219 Å². The number of pyridine rings is 2. The summed E-state index contributed by atoms with van der Waals surface area (Å²) in [6.45, 7) is 24.7. The maximum atomic E-state index is 6.71. The van der Waals surface area contributed by atoms with E-state index < -0.39 is 0 Å². The van der Waals surface area contributed by atoms with Gasteiger partial charge in [-0.05, 0) is 68.1 Å². The molecular weight excluding hydrogens is 458 g/mol. The fourth-order valence-corrected chi connectivity index (χ4v) is 6.18. The van der Waals surface area contributed by atoms with Gasteiger partial charge in [0.25, 0.3) is 0 Å². The maximum Gasteiger partial charge on any atom is 0.230 e. The van der Waals surface area contributed by atoms with Crippen LogP contribution in [-0.4, -0.2) is 24.1 Å². The predicted molar refractivity (Wildman–Crippen MR) is 154 cm³/mol. The third kappa shape index (κ3) is 4.28. The molecule has 3 aromatic heterocycles. The molecular formula is C31H43N3OSi. The van der Waals surface area contributed by atoms with Gasteiger partial charge in [-0.1, -0.05) is 62.3 Å². The van der Waals surface area contributed by atoms with Crippen molar-refractivity contribution in [2.45, 2.75) is 111 Å². The summed E-state index contributed by atoms with van der Waals surface area (Å²) >= 11 is 0. The van der Waals surface area contributed by atoms with Crippen LogP contribution in [0.25, 0.3) is 27.6 Å². The SMILES string of the molecule is CC[Si]OC(CC)(CC)c1c(C)c(C)cc2c1nc1c3ccc(C(C)(C)C)nc3cc(C(C)(C)C)n21. The monoisotopic (exact) mass is 501 g/mol. The van der Waals surface area contributed by atoms with Crippen molar-refractivity contribution in [1.29, 1.82) is 0 Å². The van der Waals surface area contributed by atoms with E-state index in [1.165, 1.54) is 27.9 Å². The summed E-state index contributed by atoms with van der Waals surface area (Å²) in [6.07, 6.45) is 1.85. The molecule has 3 heterocycles. The molecule has 0 amide bonds. The average molecular weight is 502 g/mol. The summed E-state index contributed by atoms with van der Waals surface area (Å²) < 4.78 is 9.10. The quantitative estimate of drug-likeness (QED) is 0.249. The second-order valence-corrected chi connectivity index (χ2v) is 13.5. The zero-order valence-electron chi connectivity index (χ0n) is 24.2. The summed E-state index contributed by atoms with van der Waals surface area (Å²) in [5.41, 5.74) is 10.0. The van der Waals surface area contributed by atoms with Gasteiger partial charge in [-0.25, -0.2) is 4.98 Å². The molecule has 36 heavy (non-hydrogen) atoms. The van der Waals surface area contributed by atoms with Gasteiger partial charge in [0.15, 0.2) is 0 Å². The molecule has 0 fully saturated rings. The number of rotatable bonds is 6. The minimum atomic E-state index is -0.337. The molecule has 0 saturated heterocycles. The second-order valence-electron chi connectivity index (χ2n) is 12.3. The summed E-state index contributed by atoms with van der Waals surface area (Å²) in [4.78, 5) is 10.6. The van der Waals surface area contributed by atoms with Crippen molar-refractivity contribution in [3.63, 3.8) is 0 Å². The van der Waals surface area contributed by atoms with Crippen LogP contribution in [0.3, 0.4) is 0 Å². The standard InChI is InChI=1S/C31H43N3OSi/c1-12-31(13-2,35-36-14-3)26-20(5)19(4)17-23-27(26)33-28-21-15-16-24(29(6,7)8)32-22(21)18-25(34(23)28)30(9,10)11/h15-18H,12-14H2,1-11H3. The summed E-state index contributed by atoms with van der Waals surface area (Å²) in [7, 11) is 0.480. The summed E-state index contributed by atoms with van der Waals surface area (Å²) in [5, 5.41) is 1.10. The van der Waals surface area contributed by atoms with Gasteiger partial charge >= 0.3 is 0 Å². The van der Waals surface area contributed by atoms with Crippen LogP contribution in [0.4, 0.5) is 0 Å². The molecule has 4 aromatic rings. The van der Waals surface area contributed by atoms with Crippen LogP contribution in [0.5, 0.6) is 0 Å². The molecule has 1 aromatic carbocycles. The zero-order valence-corrected chi connectivity index (χ0v) is 25.2. The van der Waals surface area contributed by atoms with Crippen LogP contribution < -0.4 is 0 Å². The van der Waals surface area contributed by atoms with Gasteiger partial charge in [0.1, 0.15) is 5.65 Å². The topological polar surface area (TPSA) is 39.4 Å². The highest BCUT2D eigenvalue weighted by atomic mass is 28.2. The number of benzene rings is 1. The van der Waals surface area contributed by atoms with E-state index in [-0.39, 0.29) is 16.4 Å². The number of aryl methyl sites for hydroxylation is 1. The highest BCUT2D eigenvalue weighted by Gasteiger charge is 2.35. The molecule has 0 bridgehead atoms. The van der Waals surface area contributed by atoms with Crippen molar-refractivity contribution in [3.8, 4) is 0 Å². The van der Waals surface area contributed by atoms with Gasteiger partial charge in [-0.15, -0.1) is 0 Å². The smallest absolute Gasteiger partial charge is 0.230 e. The van der Waals surface area contributed by atoms with Crippen LogP contribution in [0, 0.1) is 13.8 Å². The lowest BCUT2D eigenvalue weighted by atomic mass is 9.83. The molecule has 0 saturated carbocycles. The van der Waals surface area contributed by atoms with Gasteiger partial charge < -0.3 is 4.43 Å². The number of hydrogen-bond acceptors (Lipinski definition) is 3. The minimum absolute atomic E-state index is 0.0109. The largest absolute Gasteiger partial charge is 0.408 e. The van der Waals surface area contributed by atoms with E-state index in [0.29, 0.717) is 9.76 Å². The molecule has 0 spiro atoms. The zero-order chi connectivity index (χ0) is 26.6. The molecule has 0 unspecified atom stereocenters. The van der Waals surface area contributed by atoms with E-state index in [0.717, 1.165) is 46.6 Å². The Hall–Kier alpha value is -2.24. The van der Waals surface area contributed by atoms with Crippen molar-refractivity contribution in [3.05, 3.63) is 52.3 Å². The number of aromatic nitrogens is 3. The Kier molecular flexibility index (Phi) is 6.89. The first-order valence-electron chi connectivity index (χ1n) is 13.5. The minimum Gasteiger partial charge on any atom is -0.408 e. The van der Waals surface area contributed by atoms with Gasteiger partial charge in [-0.3, -0.25) is 9.38 Å². The van der Waals surface area contributed by atoms with E-state index in [1.807, 2.05) is 0 Å². The van der Waals surface area contributed by atoms with Crippen molar-refractivity contribution < 1.29 is 4.43 Å². The number of hydrogen-bond donors (Lipinski definition) is 0. The Morgan fingerprint density at radius 1 is 0.889 bits per heavy atom. The third-order valence-electron chi connectivity index (χ3n) is 7.70. The molecule has 0 N–H and O–H groups in total. The van der Waals surface area contributed by atoms with Crippen molar-refractivity contribution in [2.75, 3.05) is 0 Å². The first-order chi connectivity index (χ1) is 16.8. The number of nitrogens with zero attached hydrogens (tertiary/aromatic N) is 3. The molecule has 0 aliphatic carbocycles. The van der Waals surface area contributed by atoms with E-state index in [1.54, 1.807) is 0 Å². The Morgan fingerprint density at radius 3 is 2.11 bits per heavy atom. The van der Waals surface area contributed by atoms with Gasteiger partial charge in [0.05, 0.1) is 22.2 Å². The highest BCUT2D eigenvalue weighted by molar-refractivity contribution is 6.27. The van der Waals surface area contributed by atoms with Crippen LogP contribution in [0.2, 0.25) is 6.04 Å². The molecule has 2 radical (unpaired) electrons. The van der Waals surface area contributed by atoms with Crippen LogP contribution >= 0.6 is 0 Å². The molecule has 0 aliphatic rings. The molecule has 4 nitrogen and oxygen atoms in total. The summed E-state index contributed by atoms with van der Waals surface area (Å²) in [5.74, 6) is 0. The Bertz CT molecular complexity index is 1430. The Balaban J connectivity index is 2.22. The van der Waals surface area contributed by atoms with Crippen molar-refractivity contribution in [1.82, 2.24) is 14.4 Å². The van der Waals surface area contributed by atoms with Crippen LogP contribution in [-0.2, 0) is 20.9 Å². The first kappa shape index (κ1) is 26.8. The molecule has 0 atom stereocenters. The second kappa shape index (κ2) is 9.25. The lowest BCUT2D eigenvalue weighted by Gasteiger charge is -2.35. The fraction of sp³-hybridized carbons (Fsp3) is 0.548. The molecule has 4 rings (SSSR count). The first-order valence-corrected chi connectivity index (χ1v) is 14.6. The molecule has 192 valence electrons. The van der Waals surface area contributed by atoms with Gasteiger partial charge in [0.2, 0.25) is 9.76 Å². The third-order valence-corrected chi connectivity index (χ3v) is 8.52. The lowest BCUT2D eigenvalue weighted by molar-refractivity contribution is 0.0625. The van der Waals surface area contributed by atoms with Crippen molar-refractivity contribution in [2.24, 2.45) is 0 Å². The molecule has 0 aliphatic heterocycles. The van der Waals surface area contributed by atoms with Crippen molar-refractivity contribution >= 4 is 37.3 Å². The lowest BCUT2D eigenvalue weighted by Crippen LogP contribution is -2.31. The maximum absolute atomic E-state index is 6.71. The Morgan fingerprint density at radius 2 is 1.56 bits per heavy atom. The van der Waals surface area contributed by atoms with E-state index in [2.05, 4.69) is 105 Å². The van der Waals surface area contributed by atoms with Crippen LogP contribution in [0.15, 0.2) is 24.3 Å². The van der Waals surface area contributed by atoms with Crippen LogP contribution in [0.1, 0.15) is 103 Å². The normalized spacial score (nSPS) is 13.4. The predicted octanol–water partition coefficient (Wildman–Crippen LogP) is 8.34. The number of fused-ring (bicyclic) bond motifs is 5. The fourth-order valence-electron chi connectivity index (χ4n) is 5.37. The van der Waals surface area contributed by atoms with Gasteiger partial charge in [-0.2, -0.15) is 0 Å². The number of imidazole rings is 1. The molecule has 5 heteroatoms.